The van der Waals surface area contributed by atoms with Crippen LogP contribution in [0.1, 0.15) is 39.2 Å². The lowest BCUT2D eigenvalue weighted by Crippen LogP contribution is -2.30. The second kappa shape index (κ2) is 7.66. The van der Waals surface area contributed by atoms with Gasteiger partial charge >= 0.3 is 0 Å². The van der Waals surface area contributed by atoms with Gasteiger partial charge in [-0.05, 0) is 55.0 Å². The molecule has 0 bridgehead atoms. The second-order valence-corrected chi connectivity index (χ2v) is 7.35. The molecule has 0 fully saturated rings. The Morgan fingerprint density at radius 2 is 1.94 bits per heavy atom. The minimum atomic E-state index is 0.344. The highest BCUT2D eigenvalue weighted by atomic mass is 79.9. The fourth-order valence-electron chi connectivity index (χ4n) is 1.90. The van der Waals surface area contributed by atoms with Gasteiger partial charge < -0.3 is 5.32 Å². The standard InChI is InChI=1S/C15H23Br2N/c1-4-9-18-11-15(2,3)8-7-12-10-13(16)5-6-14(12)17/h5-6,10,18H,4,7-9,11H2,1-3H3. The summed E-state index contributed by atoms with van der Waals surface area (Å²) in [5.41, 5.74) is 1.73. The molecule has 0 amide bonds. The average Bonchev–Trinajstić information content (AvgIpc) is 2.31. The molecule has 0 saturated heterocycles. The van der Waals surface area contributed by atoms with E-state index < -0.39 is 0 Å². The van der Waals surface area contributed by atoms with E-state index in [1.54, 1.807) is 0 Å². The summed E-state index contributed by atoms with van der Waals surface area (Å²) in [4.78, 5) is 0. The molecule has 1 N–H and O–H groups in total. The van der Waals surface area contributed by atoms with Gasteiger partial charge in [0.05, 0.1) is 0 Å². The largest absolute Gasteiger partial charge is 0.316 e. The van der Waals surface area contributed by atoms with E-state index in [0.717, 1.165) is 24.0 Å². The highest BCUT2D eigenvalue weighted by Gasteiger charge is 2.17. The summed E-state index contributed by atoms with van der Waals surface area (Å²) in [6, 6.07) is 6.39. The van der Waals surface area contributed by atoms with Gasteiger partial charge in [-0.3, -0.25) is 0 Å². The van der Waals surface area contributed by atoms with Crippen LogP contribution < -0.4 is 5.32 Å². The first kappa shape index (κ1) is 16.2. The van der Waals surface area contributed by atoms with Crippen molar-refractivity contribution < 1.29 is 0 Å². The van der Waals surface area contributed by atoms with E-state index in [1.165, 1.54) is 22.9 Å². The highest BCUT2D eigenvalue weighted by Crippen LogP contribution is 2.27. The van der Waals surface area contributed by atoms with Crippen LogP contribution in [0.2, 0.25) is 0 Å². The normalized spacial score (nSPS) is 11.8. The van der Waals surface area contributed by atoms with Crippen LogP contribution in [0.25, 0.3) is 0 Å². The molecule has 0 heterocycles. The number of rotatable bonds is 7. The average molecular weight is 377 g/mol. The third-order valence-electron chi connectivity index (χ3n) is 3.11. The topological polar surface area (TPSA) is 12.0 Å². The van der Waals surface area contributed by atoms with Crippen molar-refractivity contribution in [3.63, 3.8) is 0 Å². The Morgan fingerprint density at radius 1 is 1.22 bits per heavy atom. The Labute approximate surface area is 128 Å². The molecular formula is C15H23Br2N. The number of nitrogens with one attached hydrogen (secondary N) is 1. The van der Waals surface area contributed by atoms with Crippen molar-refractivity contribution in [1.29, 1.82) is 0 Å². The molecule has 102 valence electrons. The number of hydrogen-bond acceptors (Lipinski definition) is 1. The van der Waals surface area contributed by atoms with Crippen LogP contribution in [0.3, 0.4) is 0 Å². The molecule has 0 unspecified atom stereocenters. The molecule has 0 aliphatic carbocycles. The molecule has 0 radical (unpaired) electrons. The van der Waals surface area contributed by atoms with Gasteiger partial charge in [0.1, 0.15) is 0 Å². The maximum atomic E-state index is 3.63. The molecule has 0 aromatic heterocycles. The predicted octanol–water partition coefficient (Wildman–Crippen LogP) is 5.17. The smallest absolute Gasteiger partial charge is 0.0208 e. The van der Waals surface area contributed by atoms with Crippen LogP contribution >= 0.6 is 31.9 Å². The summed E-state index contributed by atoms with van der Waals surface area (Å²) in [5, 5.41) is 3.52. The first-order valence-electron chi connectivity index (χ1n) is 6.59. The molecule has 0 atom stereocenters. The summed E-state index contributed by atoms with van der Waals surface area (Å²) < 4.78 is 2.37. The molecule has 1 nitrogen and oxygen atoms in total. The summed E-state index contributed by atoms with van der Waals surface area (Å²) >= 11 is 7.16. The Hall–Kier alpha value is 0.140. The van der Waals surface area contributed by atoms with Gasteiger partial charge in [0.15, 0.2) is 0 Å². The van der Waals surface area contributed by atoms with Gasteiger partial charge in [-0.2, -0.15) is 0 Å². The molecule has 0 aliphatic rings. The number of benzene rings is 1. The number of hydrogen-bond donors (Lipinski definition) is 1. The van der Waals surface area contributed by atoms with Crippen LogP contribution in [0.5, 0.6) is 0 Å². The lowest BCUT2D eigenvalue weighted by Gasteiger charge is -2.25. The van der Waals surface area contributed by atoms with E-state index in [4.69, 9.17) is 0 Å². The van der Waals surface area contributed by atoms with Crippen molar-refractivity contribution >= 4 is 31.9 Å². The van der Waals surface area contributed by atoms with Crippen LogP contribution in [-0.2, 0) is 6.42 Å². The zero-order chi connectivity index (χ0) is 13.6. The Morgan fingerprint density at radius 3 is 2.61 bits per heavy atom. The van der Waals surface area contributed by atoms with E-state index in [9.17, 15) is 0 Å². The van der Waals surface area contributed by atoms with Gasteiger partial charge in [0.25, 0.3) is 0 Å². The van der Waals surface area contributed by atoms with E-state index >= 15 is 0 Å². The van der Waals surface area contributed by atoms with E-state index in [2.05, 4.69) is 76.1 Å². The highest BCUT2D eigenvalue weighted by molar-refractivity contribution is 9.11. The quantitative estimate of drug-likeness (QED) is 0.647. The SMILES string of the molecule is CCCNCC(C)(C)CCc1cc(Br)ccc1Br. The van der Waals surface area contributed by atoms with Crippen molar-refractivity contribution in [3.8, 4) is 0 Å². The van der Waals surface area contributed by atoms with Gasteiger partial charge in [0.2, 0.25) is 0 Å². The van der Waals surface area contributed by atoms with E-state index in [1.807, 2.05) is 0 Å². The lowest BCUT2D eigenvalue weighted by molar-refractivity contribution is 0.315. The van der Waals surface area contributed by atoms with Crippen LogP contribution in [0.15, 0.2) is 27.1 Å². The van der Waals surface area contributed by atoms with Gasteiger partial charge in [-0.25, -0.2) is 0 Å². The predicted molar refractivity (Wildman–Crippen MR) is 87.1 cm³/mol. The van der Waals surface area contributed by atoms with E-state index in [0.29, 0.717) is 5.41 Å². The fraction of sp³-hybridized carbons (Fsp3) is 0.600. The Kier molecular flexibility index (Phi) is 6.89. The van der Waals surface area contributed by atoms with Crippen LogP contribution in [-0.4, -0.2) is 13.1 Å². The minimum Gasteiger partial charge on any atom is -0.316 e. The molecule has 1 rings (SSSR count). The van der Waals surface area contributed by atoms with Gasteiger partial charge in [0, 0.05) is 15.5 Å². The van der Waals surface area contributed by atoms with Crippen molar-refractivity contribution in [2.75, 3.05) is 13.1 Å². The monoisotopic (exact) mass is 375 g/mol. The zero-order valence-electron chi connectivity index (χ0n) is 11.5. The van der Waals surface area contributed by atoms with Crippen LogP contribution in [0, 0.1) is 5.41 Å². The van der Waals surface area contributed by atoms with Crippen LogP contribution in [0.4, 0.5) is 0 Å². The zero-order valence-corrected chi connectivity index (χ0v) is 14.7. The summed E-state index contributed by atoms with van der Waals surface area (Å²) in [6.07, 6.45) is 3.51. The molecular weight excluding hydrogens is 354 g/mol. The Balaban J connectivity index is 2.50. The number of aryl methyl sites for hydroxylation is 1. The maximum Gasteiger partial charge on any atom is 0.0208 e. The molecule has 18 heavy (non-hydrogen) atoms. The molecule has 3 heteroatoms. The molecule has 0 saturated carbocycles. The lowest BCUT2D eigenvalue weighted by atomic mass is 9.86. The molecule has 0 aliphatic heterocycles. The molecule has 0 spiro atoms. The minimum absolute atomic E-state index is 0.344. The van der Waals surface area contributed by atoms with Crippen molar-refractivity contribution in [2.45, 2.75) is 40.0 Å². The van der Waals surface area contributed by atoms with Crippen molar-refractivity contribution in [1.82, 2.24) is 5.32 Å². The maximum absolute atomic E-state index is 3.63. The fourth-order valence-corrected chi connectivity index (χ4v) is 2.75. The van der Waals surface area contributed by atoms with E-state index in [-0.39, 0.29) is 0 Å². The third-order valence-corrected chi connectivity index (χ3v) is 4.38. The first-order valence-corrected chi connectivity index (χ1v) is 8.18. The first-order chi connectivity index (χ1) is 8.44. The van der Waals surface area contributed by atoms with Crippen molar-refractivity contribution in [2.24, 2.45) is 5.41 Å². The Bertz CT molecular complexity index is 375. The third kappa shape index (κ3) is 5.85. The summed E-state index contributed by atoms with van der Waals surface area (Å²) in [7, 11) is 0. The summed E-state index contributed by atoms with van der Waals surface area (Å²) in [6.45, 7) is 9.08. The van der Waals surface area contributed by atoms with Gasteiger partial charge in [-0.15, -0.1) is 0 Å². The molecule has 1 aromatic carbocycles. The van der Waals surface area contributed by atoms with Gasteiger partial charge in [-0.1, -0.05) is 52.6 Å². The molecule has 1 aromatic rings. The summed E-state index contributed by atoms with van der Waals surface area (Å²) in [5.74, 6) is 0. The number of halogens is 2. The van der Waals surface area contributed by atoms with Crippen molar-refractivity contribution in [3.05, 3.63) is 32.7 Å². The second-order valence-electron chi connectivity index (χ2n) is 5.58.